The molecule has 0 aliphatic heterocycles. The van der Waals surface area contributed by atoms with E-state index < -0.39 is 5.97 Å². The van der Waals surface area contributed by atoms with Crippen molar-refractivity contribution in [2.75, 3.05) is 13.1 Å². The molecule has 0 spiro atoms. The smallest absolute Gasteiger partial charge is 0.303 e. The van der Waals surface area contributed by atoms with Crippen LogP contribution in [-0.2, 0) is 4.79 Å². The molecule has 0 aliphatic carbocycles. The van der Waals surface area contributed by atoms with Gasteiger partial charge in [0.05, 0.1) is 0 Å². The Morgan fingerprint density at radius 3 is 0.722 bits per heavy atom. The Morgan fingerprint density at radius 2 is 0.537 bits per heavy atom. The largest absolute Gasteiger partial charge is 0.481 e. The molecule has 324 valence electrons. The number of hydrogen-bond acceptors (Lipinski definition) is 2. The van der Waals surface area contributed by atoms with Crippen LogP contribution in [0.4, 0.5) is 0 Å². The van der Waals surface area contributed by atoms with Crippen molar-refractivity contribution in [3.8, 4) is 0 Å². The lowest BCUT2D eigenvalue weighted by Gasteiger charge is -2.29. The SMILES string of the molecule is CCCCCCCCCCCCCCCCCCCCCCCN(CCCCCCCCCCCCCCCCCCCCCCC)C(C)CCC(=O)O. The van der Waals surface area contributed by atoms with E-state index in [0.717, 1.165) is 19.5 Å². The van der Waals surface area contributed by atoms with Crippen LogP contribution in [0.1, 0.15) is 303 Å². The Kier molecular flexibility index (Phi) is 46.3. The molecular weight excluding hydrogens is 659 g/mol. The van der Waals surface area contributed by atoms with E-state index in [1.165, 1.54) is 270 Å². The highest BCUT2D eigenvalue weighted by molar-refractivity contribution is 5.66. The Balaban J connectivity index is 3.65. The zero-order valence-corrected chi connectivity index (χ0v) is 37.9. The van der Waals surface area contributed by atoms with Gasteiger partial charge in [0.15, 0.2) is 0 Å². The van der Waals surface area contributed by atoms with Crippen LogP contribution < -0.4 is 0 Å². The fourth-order valence-electron chi connectivity index (χ4n) is 8.56. The molecule has 0 aromatic heterocycles. The fourth-order valence-corrected chi connectivity index (χ4v) is 8.56. The van der Waals surface area contributed by atoms with Crippen molar-refractivity contribution in [3.05, 3.63) is 0 Å². The van der Waals surface area contributed by atoms with Crippen LogP contribution >= 0.6 is 0 Å². The van der Waals surface area contributed by atoms with Crippen LogP contribution in [0.15, 0.2) is 0 Å². The molecule has 1 N–H and O–H groups in total. The summed E-state index contributed by atoms with van der Waals surface area (Å²) in [7, 11) is 0. The Bertz CT molecular complexity index is 649. The molecule has 0 saturated carbocycles. The molecule has 0 heterocycles. The summed E-state index contributed by atoms with van der Waals surface area (Å²) >= 11 is 0. The highest BCUT2D eigenvalue weighted by atomic mass is 16.4. The minimum atomic E-state index is -0.648. The number of carboxylic acid groups (broad SMARTS) is 1. The van der Waals surface area contributed by atoms with E-state index in [0.29, 0.717) is 12.5 Å². The third-order valence-electron chi connectivity index (χ3n) is 12.5. The normalized spacial score (nSPS) is 12.3. The number of unbranched alkanes of at least 4 members (excludes halogenated alkanes) is 40. The van der Waals surface area contributed by atoms with Crippen molar-refractivity contribution in [1.29, 1.82) is 0 Å². The average Bonchev–Trinajstić information content (AvgIpc) is 3.17. The maximum Gasteiger partial charge on any atom is 0.303 e. The molecule has 3 heteroatoms. The minimum Gasteiger partial charge on any atom is -0.481 e. The van der Waals surface area contributed by atoms with E-state index in [4.69, 9.17) is 0 Å². The molecular formula is C51H103NO2. The Morgan fingerprint density at radius 1 is 0.352 bits per heavy atom. The predicted molar refractivity (Wildman–Crippen MR) is 243 cm³/mol. The molecule has 0 bridgehead atoms. The van der Waals surface area contributed by atoms with Gasteiger partial charge in [-0.15, -0.1) is 0 Å². The van der Waals surface area contributed by atoms with Crippen molar-refractivity contribution in [2.24, 2.45) is 0 Å². The summed E-state index contributed by atoms with van der Waals surface area (Å²) in [6.07, 6.45) is 61.0. The van der Waals surface area contributed by atoms with Crippen LogP contribution in [0, 0.1) is 0 Å². The van der Waals surface area contributed by atoms with Gasteiger partial charge in [-0.3, -0.25) is 4.79 Å². The van der Waals surface area contributed by atoms with Crippen LogP contribution in [0.3, 0.4) is 0 Å². The molecule has 1 atom stereocenters. The van der Waals surface area contributed by atoms with Gasteiger partial charge in [0.2, 0.25) is 0 Å². The number of carboxylic acids is 1. The molecule has 0 aromatic rings. The van der Waals surface area contributed by atoms with Crippen molar-refractivity contribution < 1.29 is 9.90 Å². The van der Waals surface area contributed by atoms with Gasteiger partial charge >= 0.3 is 5.97 Å². The quantitative estimate of drug-likeness (QED) is 0.0628. The highest BCUT2D eigenvalue weighted by Crippen LogP contribution is 2.18. The first-order chi connectivity index (χ1) is 26.6. The maximum atomic E-state index is 11.2. The first-order valence-corrected chi connectivity index (χ1v) is 25.6. The van der Waals surface area contributed by atoms with E-state index in [9.17, 15) is 9.90 Å². The molecule has 0 saturated heterocycles. The second-order valence-corrected chi connectivity index (χ2v) is 18.0. The van der Waals surface area contributed by atoms with E-state index in [1.54, 1.807) is 0 Å². The first-order valence-electron chi connectivity index (χ1n) is 25.6. The van der Waals surface area contributed by atoms with Crippen LogP contribution in [0.2, 0.25) is 0 Å². The lowest BCUT2D eigenvalue weighted by atomic mass is 10.0. The molecule has 0 aliphatic rings. The number of rotatable bonds is 48. The van der Waals surface area contributed by atoms with Crippen molar-refractivity contribution >= 4 is 5.97 Å². The minimum absolute atomic E-state index is 0.302. The third kappa shape index (κ3) is 44.1. The number of hydrogen-bond donors (Lipinski definition) is 1. The molecule has 0 amide bonds. The van der Waals surface area contributed by atoms with E-state index in [-0.39, 0.29) is 0 Å². The van der Waals surface area contributed by atoms with Crippen LogP contribution in [0.5, 0.6) is 0 Å². The van der Waals surface area contributed by atoms with Gasteiger partial charge in [-0.05, 0) is 39.3 Å². The second kappa shape index (κ2) is 46.8. The van der Waals surface area contributed by atoms with Gasteiger partial charge < -0.3 is 10.0 Å². The van der Waals surface area contributed by atoms with Crippen molar-refractivity contribution in [2.45, 2.75) is 309 Å². The van der Waals surface area contributed by atoms with Gasteiger partial charge in [-0.2, -0.15) is 0 Å². The van der Waals surface area contributed by atoms with Gasteiger partial charge in [-0.1, -0.05) is 271 Å². The summed E-state index contributed by atoms with van der Waals surface area (Å²) in [6, 6.07) is 0.385. The van der Waals surface area contributed by atoms with Crippen molar-refractivity contribution in [1.82, 2.24) is 4.90 Å². The highest BCUT2D eigenvalue weighted by Gasteiger charge is 2.14. The molecule has 54 heavy (non-hydrogen) atoms. The van der Waals surface area contributed by atoms with E-state index in [2.05, 4.69) is 25.7 Å². The lowest BCUT2D eigenvalue weighted by Crippen LogP contribution is -2.35. The Hall–Kier alpha value is -0.570. The Labute approximate surface area is 342 Å². The molecule has 1 unspecified atom stereocenters. The maximum absolute atomic E-state index is 11.2. The second-order valence-electron chi connectivity index (χ2n) is 18.0. The number of carbonyl (C=O) groups is 1. The standard InChI is InChI=1S/C51H103NO2/c1-4-6-8-10-12-14-16-18-20-22-24-26-28-30-32-34-36-38-40-42-44-48-52(50(3)46-47-51(53)54)49-45-43-41-39-37-35-33-31-29-27-25-23-21-19-17-15-13-11-9-7-5-2/h50H,4-49H2,1-3H3,(H,53,54). The molecule has 3 nitrogen and oxygen atoms in total. The number of nitrogens with zero attached hydrogens (tertiary/aromatic N) is 1. The molecule has 0 rings (SSSR count). The summed E-state index contributed by atoms with van der Waals surface area (Å²) in [5, 5.41) is 9.24. The monoisotopic (exact) mass is 762 g/mol. The van der Waals surface area contributed by atoms with Gasteiger partial charge in [0, 0.05) is 12.5 Å². The van der Waals surface area contributed by atoms with Gasteiger partial charge in [0.1, 0.15) is 0 Å². The zero-order valence-electron chi connectivity index (χ0n) is 37.9. The van der Waals surface area contributed by atoms with Crippen LogP contribution in [0.25, 0.3) is 0 Å². The third-order valence-corrected chi connectivity index (χ3v) is 12.5. The van der Waals surface area contributed by atoms with Gasteiger partial charge in [0.25, 0.3) is 0 Å². The van der Waals surface area contributed by atoms with E-state index in [1.807, 2.05) is 0 Å². The summed E-state index contributed by atoms with van der Waals surface area (Å²) in [5.74, 6) is -0.648. The predicted octanol–water partition coefficient (Wildman–Crippen LogP) is 18.0. The summed E-state index contributed by atoms with van der Waals surface area (Å²) in [6.45, 7) is 9.17. The zero-order chi connectivity index (χ0) is 39.3. The average molecular weight is 762 g/mol. The van der Waals surface area contributed by atoms with Gasteiger partial charge in [-0.25, -0.2) is 0 Å². The fraction of sp³-hybridized carbons (Fsp3) is 0.980. The molecule has 0 radical (unpaired) electrons. The van der Waals surface area contributed by atoms with Crippen molar-refractivity contribution in [3.63, 3.8) is 0 Å². The lowest BCUT2D eigenvalue weighted by molar-refractivity contribution is -0.137. The van der Waals surface area contributed by atoms with Crippen LogP contribution in [-0.4, -0.2) is 35.1 Å². The summed E-state index contributed by atoms with van der Waals surface area (Å²) in [5.41, 5.74) is 0. The summed E-state index contributed by atoms with van der Waals surface area (Å²) in [4.78, 5) is 13.8. The van der Waals surface area contributed by atoms with E-state index >= 15 is 0 Å². The topological polar surface area (TPSA) is 40.5 Å². The molecule has 0 fully saturated rings. The summed E-state index contributed by atoms with van der Waals surface area (Å²) < 4.78 is 0. The molecule has 0 aromatic carbocycles. The number of aliphatic carboxylic acids is 1. The first kappa shape index (κ1) is 53.4.